The topological polar surface area (TPSA) is 83.8 Å². The van der Waals surface area contributed by atoms with Crippen LogP contribution in [-0.4, -0.2) is 21.1 Å². The van der Waals surface area contributed by atoms with Crippen molar-refractivity contribution in [3.8, 4) is 11.3 Å². The average Bonchev–Trinajstić information content (AvgIpc) is 3.42. The molecule has 6 nitrogen and oxygen atoms in total. The number of anilines is 1. The minimum absolute atomic E-state index is 0.205. The summed E-state index contributed by atoms with van der Waals surface area (Å²) in [5, 5.41) is 11.1. The molecule has 0 atom stereocenters. The first kappa shape index (κ1) is 19.6. The molecule has 9 heteroatoms. The smallest absolute Gasteiger partial charge is 0.291 e. The first-order chi connectivity index (χ1) is 14.1. The monoisotopic (exact) mass is 444 g/mol. The van der Waals surface area contributed by atoms with Gasteiger partial charge in [-0.25, -0.2) is 4.98 Å². The number of aromatic amines is 1. The lowest BCUT2D eigenvalue weighted by Crippen LogP contribution is -2.10. The second-order valence-corrected chi connectivity index (χ2v) is 7.80. The van der Waals surface area contributed by atoms with Gasteiger partial charge >= 0.3 is 0 Å². The minimum atomic E-state index is -0.333. The molecule has 1 amide bonds. The molecule has 2 aromatic heterocycles. The van der Waals surface area contributed by atoms with Gasteiger partial charge in [-0.3, -0.25) is 9.89 Å². The molecule has 0 aliphatic rings. The fourth-order valence-electron chi connectivity index (χ4n) is 2.56. The van der Waals surface area contributed by atoms with Crippen LogP contribution in [0.1, 0.15) is 16.1 Å². The molecule has 0 fully saturated rings. The van der Waals surface area contributed by atoms with Gasteiger partial charge in [-0.05, 0) is 48.0 Å². The molecule has 4 rings (SSSR count). The number of nitrogens with zero attached hydrogens (tertiary/aromatic N) is 2. The van der Waals surface area contributed by atoms with E-state index >= 15 is 0 Å². The van der Waals surface area contributed by atoms with E-state index in [1.807, 2.05) is 24.3 Å². The Labute approximate surface area is 180 Å². The highest BCUT2D eigenvalue weighted by molar-refractivity contribution is 7.98. The lowest BCUT2D eigenvalue weighted by molar-refractivity contribution is 0.0997. The van der Waals surface area contributed by atoms with Gasteiger partial charge < -0.3 is 9.73 Å². The molecule has 4 aromatic rings. The Balaban J connectivity index is 1.39. The maximum atomic E-state index is 12.5. The number of H-pyrrole nitrogens is 1. The Morgan fingerprint density at radius 2 is 1.90 bits per heavy atom. The minimum Gasteiger partial charge on any atom is -0.451 e. The molecule has 0 bridgehead atoms. The molecule has 146 valence electrons. The van der Waals surface area contributed by atoms with E-state index in [-0.39, 0.29) is 11.7 Å². The Morgan fingerprint density at radius 3 is 2.62 bits per heavy atom. The van der Waals surface area contributed by atoms with Crippen molar-refractivity contribution in [2.24, 2.45) is 0 Å². The fourth-order valence-corrected chi connectivity index (χ4v) is 3.59. The summed E-state index contributed by atoms with van der Waals surface area (Å²) in [5.74, 6) is 1.15. The highest BCUT2D eigenvalue weighted by atomic mass is 35.5. The number of amides is 1. The average molecular weight is 445 g/mol. The van der Waals surface area contributed by atoms with E-state index in [2.05, 4.69) is 20.5 Å². The number of carbonyl (C=O) groups is 1. The lowest BCUT2D eigenvalue weighted by atomic mass is 10.2. The van der Waals surface area contributed by atoms with Crippen molar-refractivity contribution in [2.45, 2.75) is 10.9 Å². The van der Waals surface area contributed by atoms with E-state index in [1.165, 1.54) is 6.33 Å². The van der Waals surface area contributed by atoms with Crippen molar-refractivity contribution in [1.82, 2.24) is 15.2 Å². The third-order valence-electron chi connectivity index (χ3n) is 4.01. The second-order valence-electron chi connectivity index (χ2n) is 6.02. The number of furan rings is 1. The summed E-state index contributed by atoms with van der Waals surface area (Å²) >= 11 is 13.5. The first-order valence-corrected chi connectivity index (χ1v) is 10.3. The van der Waals surface area contributed by atoms with Crippen molar-refractivity contribution < 1.29 is 9.21 Å². The third kappa shape index (κ3) is 4.82. The van der Waals surface area contributed by atoms with Crippen LogP contribution in [0.25, 0.3) is 11.3 Å². The van der Waals surface area contributed by atoms with Gasteiger partial charge in [0.25, 0.3) is 5.91 Å². The Bertz CT molecular complexity index is 1130. The van der Waals surface area contributed by atoms with Gasteiger partial charge in [0.05, 0.1) is 10.0 Å². The van der Waals surface area contributed by atoms with Crippen LogP contribution in [-0.2, 0) is 5.75 Å². The molecule has 0 radical (unpaired) electrons. The summed E-state index contributed by atoms with van der Waals surface area (Å²) in [6.45, 7) is 0. The number of thioether (sulfide) groups is 1. The van der Waals surface area contributed by atoms with Crippen LogP contribution in [0.3, 0.4) is 0 Å². The Morgan fingerprint density at radius 1 is 1.07 bits per heavy atom. The third-order valence-corrected chi connectivity index (χ3v) is 5.70. The molecule has 0 saturated carbocycles. The Kier molecular flexibility index (Phi) is 5.89. The van der Waals surface area contributed by atoms with Gasteiger partial charge in [-0.1, -0.05) is 47.1 Å². The van der Waals surface area contributed by atoms with Crippen molar-refractivity contribution in [2.75, 3.05) is 5.32 Å². The van der Waals surface area contributed by atoms with Gasteiger partial charge in [-0.15, -0.1) is 0 Å². The van der Waals surface area contributed by atoms with E-state index in [0.29, 0.717) is 21.5 Å². The van der Waals surface area contributed by atoms with Gasteiger partial charge in [0.15, 0.2) is 10.9 Å². The van der Waals surface area contributed by atoms with Crippen LogP contribution < -0.4 is 5.32 Å². The van der Waals surface area contributed by atoms with Crippen LogP contribution >= 0.6 is 35.0 Å². The van der Waals surface area contributed by atoms with Crippen molar-refractivity contribution in [3.05, 3.63) is 82.3 Å². The molecule has 0 saturated heterocycles. The quantitative estimate of drug-likeness (QED) is 0.360. The summed E-state index contributed by atoms with van der Waals surface area (Å²) in [4.78, 5) is 16.5. The van der Waals surface area contributed by atoms with Crippen LogP contribution in [0.5, 0.6) is 0 Å². The molecule has 0 unspecified atom stereocenters. The molecule has 29 heavy (non-hydrogen) atoms. The summed E-state index contributed by atoms with van der Waals surface area (Å²) in [7, 11) is 0. The van der Waals surface area contributed by atoms with E-state index in [4.69, 9.17) is 27.6 Å². The molecule has 2 N–H and O–H groups in total. The summed E-state index contributed by atoms with van der Waals surface area (Å²) in [6, 6.07) is 16.1. The molecular formula is C20H14Cl2N4O2S. The van der Waals surface area contributed by atoms with Gasteiger partial charge in [-0.2, -0.15) is 5.10 Å². The zero-order chi connectivity index (χ0) is 20.2. The first-order valence-electron chi connectivity index (χ1n) is 8.52. The van der Waals surface area contributed by atoms with Crippen LogP contribution in [0, 0.1) is 0 Å². The van der Waals surface area contributed by atoms with Crippen molar-refractivity contribution in [1.29, 1.82) is 0 Å². The van der Waals surface area contributed by atoms with Gasteiger partial charge in [0, 0.05) is 17.0 Å². The molecule has 0 spiro atoms. The zero-order valence-electron chi connectivity index (χ0n) is 14.9. The predicted octanol–water partition coefficient (Wildman–Crippen LogP) is 5.92. The largest absolute Gasteiger partial charge is 0.451 e. The standard InChI is InChI=1S/C20H14Cl2N4O2S/c21-15-6-3-13(9-16(15)22)17-7-8-18(28-17)19(27)25-14-4-1-12(2-5-14)10-29-20-23-11-24-26-20/h1-9,11H,10H2,(H,25,27)(H,23,24,26). The van der Waals surface area contributed by atoms with Gasteiger partial charge in [0.1, 0.15) is 12.1 Å². The number of nitrogens with one attached hydrogen (secondary N) is 2. The van der Waals surface area contributed by atoms with Gasteiger partial charge in [0.2, 0.25) is 0 Å². The van der Waals surface area contributed by atoms with E-state index in [1.54, 1.807) is 42.1 Å². The molecule has 2 aromatic carbocycles. The number of carbonyl (C=O) groups excluding carboxylic acids is 1. The highest BCUT2D eigenvalue weighted by Gasteiger charge is 2.13. The fraction of sp³-hybridized carbons (Fsp3) is 0.0500. The zero-order valence-corrected chi connectivity index (χ0v) is 17.2. The Hall–Kier alpha value is -2.74. The maximum Gasteiger partial charge on any atom is 0.291 e. The summed E-state index contributed by atoms with van der Waals surface area (Å²) in [5.41, 5.74) is 2.52. The van der Waals surface area contributed by atoms with Crippen LogP contribution in [0.2, 0.25) is 10.0 Å². The van der Waals surface area contributed by atoms with Crippen molar-refractivity contribution in [3.63, 3.8) is 0 Å². The molecule has 2 heterocycles. The number of hydrogen-bond donors (Lipinski definition) is 2. The van der Waals surface area contributed by atoms with Crippen LogP contribution in [0.4, 0.5) is 5.69 Å². The van der Waals surface area contributed by atoms with Crippen LogP contribution in [0.15, 0.2) is 70.5 Å². The number of benzene rings is 2. The lowest BCUT2D eigenvalue weighted by Gasteiger charge is -2.05. The van der Waals surface area contributed by atoms with Crippen molar-refractivity contribution >= 4 is 46.6 Å². The van der Waals surface area contributed by atoms with E-state index in [9.17, 15) is 4.79 Å². The molecule has 0 aliphatic carbocycles. The number of hydrogen-bond acceptors (Lipinski definition) is 5. The number of aromatic nitrogens is 3. The summed E-state index contributed by atoms with van der Waals surface area (Å²) < 4.78 is 5.67. The molecule has 0 aliphatic heterocycles. The highest BCUT2D eigenvalue weighted by Crippen LogP contribution is 2.30. The van der Waals surface area contributed by atoms with E-state index in [0.717, 1.165) is 22.0 Å². The maximum absolute atomic E-state index is 12.5. The normalized spacial score (nSPS) is 10.8. The SMILES string of the molecule is O=C(Nc1ccc(CSc2ncn[nH]2)cc1)c1ccc(-c2ccc(Cl)c(Cl)c2)o1. The number of rotatable bonds is 6. The molecular weight excluding hydrogens is 431 g/mol. The van der Waals surface area contributed by atoms with E-state index < -0.39 is 0 Å². The predicted molar refractivity (Wildman–Crippen MR) is 115 cm³/mol. The summed E-state index contributed by atoms with van der Waals surface area (Å²) in [6.07, 6.45) is 1.47. The number of halogens is 2. The second kappa shape index (κ2) is 8.73.